The molecule has 2 heteroatoms. The molecular weight excluding hydrogens is 605 g/mol. The van der Waals surface area contributed by atoms with Gasteiger partial charge in [-0.05, 0) is 123 Å². The maximum Gasteiger partial charge on any atom is 0.0328 e. The summed E-state index contributed by atoms with van der Waals surface area (Å²) in [7, 11) is 0. The second-order valence-electron chi connectivity index (χ2n) is 13.6. The Morgan fingerprint density at radius 2 is 0.700 bits per heavy atom. The molecule has 0 fully saturated rings. The van der Waals surface area contributed by atoms with Crippen molar-refractivity contribution in [3.05, 3.63) is 169 Å². The molecule has 2 aliphatic heterocycles. The highest BCUT2D eigenvalue weighted by Gasteiger charge is 2.27. The van der Waals surface area contributed by atoms with Crippen LogP contribution in [0.4, 0.5) is 0 Å². The molecular formula is C48H32N2. The molecule has 0 spiro atoms. The van der Waals surface area contributed by atoms with E-state index in [0.717, 1.165) is 13.1 Å². The monoisotopic (exact) mass is 636 g/mol. The normalized spacial score (nSPS) is 14.6. The fraction of sp³-hybridized carbons (Fsp3) is 0.0417. The average Bonchev–Trinajstić information content (AvgIpc) is 3.70. The van der Waals surface area contributed by atoms with Gasteiger partial charge in [0.05, 0.1) is 0 Å². The molecule has 0 atom stereocenters. The first-order valence-electron chi connectivity index (χ1n) is 17.5. The zero-order valence-corrected chi connectivity index (χ0v) is 27.4. The van der Waals surface area contributed by atoms with E-state index in [1.165, 1.54) is 111 Å². The van der Waals surface area contributed by atoms with E-state index in [1.807, 2.05) is 0 Å². The lowest BCUT2D eigenvalue weighted by Crippen LogP contribution is -2.10. The van der Waals surface area contributed by atoms with Gasteiger partial charge >= 0.3 is 0 Å². The molecule has 0 saturated carbocycles. The minimum absolute atomic E-state index is 0.835. The van der Waals surface area contributed by atoms with Crippen LogP contribution in [0.2, 0.25) is 0 Å². The summed E-state index contributed by atoms with van der Waals surface area (Å²) in [5, 5.41) is 12.3. The first-order valence-corrected chi connectivity index (χ1v) is 17.5. The summed E-state index contributed by atoms with van der Waals surface area (Å²) < 4.78 is 0. The van der Waals surface area contributed by atoms with Gasteiger partial charge in [-0.15, -0.1) is 0 Å². The zero-order chi connectivity index (χ0) is 32.8. The topological polar surface area (TPSA) is 24.1 Å². The number of nitrogens with one attached hydrogen (secondary N) is 2. The maximum atomic E-state index is 3.51. The predicted octanol–water partition coefficient (Wildman–Crippen LogP) is 11.6. The Morgan fingerprint density at radius 1 is 0.320 bits per heavy atom. The summed E-state index contributed by atoms with van der Waals surface area (Å²) in [6.07, 6.45) is 13.4. The zero-order valence-electron chi connectivity index (χ0n) is 27.4. The Labute approximate surface area is 291 Å². The van der Waals surface area contributed by atoms with E-state index >= 15 is 0 Å². The molecule has 0 saturated heterocycles. The Morgan fingerprint density at radius 3 is 1.10 bits per heavy atom. The first-order chi connectivity index (χ1) is 24.8. The molecule has 0 bridgehead atoms. The Bertz CT molecular complexity index is 2500. The number of hydrogen-bond acceptors (Lipinski definition) is 2. The van der Waals surface area contributed by atoms with Gasteiger partial charge in [0.2, 0.25) is 0 Å². The maximum absolute atomic E-state index is 3.51. The highest BCUT2D eigenvalue weighted by atomic mass is 14.8. The lowest BCUT2D eigenvalue weighted by molar-refractivity contribution is 0.976. The number of benzene rings is 7. The van der Waals surface area contributed by atoms with E-state index in [4.69, 9.17) is 0 Å². The minimum atomic E-state index is 0.835. The molecule has 11 rings (SSSR count). The summed E-state index contributed by atoms with van der Waals surface area (Å²) in [5.74, 6) is 0. The van der Waals surface area contributed by atoms with E-state index in [0.29, 0.717) is 0 Å². The molecule has 50 heavy (non-hydrogen) atoms. The summed E-state index contributed by atoms with van der Waals surface area (Å²) in [6.45, 7) is 1.67. The number of hydrogen-bond donors (Lipinski definition) is 2. The largest absolute Gasteiger partial charge is 0.387 e. The summed E-state index contributed by atoms with van der Waals surface area (Å²) in [5.41, 5.74) is 20.4. The van der Waals surface area contributed by atoms with Gasteiger partial charge in [-0.3, -0.25) is 0 Å². The molecule has 2 nitrogen and oxygen atoms in total. The minimum Gasteiger partial charge on any atom is -0.387 e. The van der Waals surface area contributed by atoms with Gasteiger partial charge in [0, 0.05) is 25.5 Å². The summed E-state index contributed by atoms with van der Waals surface area (Å²) >= 11 is 0. The smallest absolute Gasteiger partial charge is 0.0328 e. The van der Waals surface area contributed by atoms with Crippen LogP contribution in [0.3, 0.4) is 0 Å². The van der Waals surface area contributed by atoms with Crippen molar-refractivity contribution < 1.29 is 0 Å². The van der Waals surface area contributed by atoms with Crippen LogP contribution in [0.1, 0.15) is 11.1 Å². The fourth-order valence-electron chi connectivity index (χ4n) is 8.89. The van der Waals surface area contributed by atoms with Crippen LogP contribution >= 0.6 is 0 Å². The van der Waals surface area contributed by atoms with Gasteiger partial charge in [0.1, 0.15) is 0 Å². The van der Waals surface area contributed by atoms with E-state index in [-0.39, 0.29) is 0 Å². The molecule has 7 aromatic rings. The molecule has 0 unspecified atom stereocenters. The van der Waals surface area contributed by atoms with Crippen LogP contribution in [-0.2, 0) is 0 Å². The van der Waals surface area contributed by atoms with Crippen molar-refractivity contribution in [1.82, 2.24) is 10.6 Å². The molecule has 0 amide bonds. The van der Waals surface area contributed by atoms with Gasteiger partial charge in [-0.1, -0.05) is 133 Å². The molecule has 2 aliphatic carbocycles. The van der Waals surface area contributed by atoms with Gasteiger partial charge in [-0.25, -0.2) is 0 Å². The van der Waals surface area contributed by atoms with Crippen molar-refractivity contribution >= 4 is 32.7 Å². The Hall–Kier alpha value is -6.38. The summed E-state index contributed by atoms with van der Waals surface area (Å²) in [4.78, 5) is 0. The lowest BCUT2D eigenvalue weighted by atomic mass is 9.82. The first kappa shape index (κ1) is 27.6. The van der Waals surface area contributed by atoms with Crippen molar-refractivity contribution in [2.24, 2.45) is 0 Å². The number of dihydropyridines is 2. The predicted molar refractivity (Wildman–Crippen MR) is 211 cm³/mol. The van der Waals surface area contributed by atoms with Crippen LogP contribution in [0.5, 0.6) is 0 Å². The Kier molecular flexibility index (Phi) is 5.82. The summed E-state index contributed by atoms with van der Waals surface area (Å²) in [6, 6.07) is 45.6. The molecule has 2 heterocycles. The van der Waals surface area contributed by atoms with Crippen molar-refractivity contribution in [1.29, 1.82) is 0 Å². The van der Waals surface area contributed by atoms with Crippen molar-refractivity contribution in [3.63, 3.8) is 0 Å². The molecule has 2 N–H and O–H groups in total. The van der Waals surface area contributed by atoms with Gasteiger partial charge in [-0.2, -0.15) is 0 Å². The number of allylic oxidation sites excluding steroid dienone is 4. The second kappa shape index (κ2) is 10.6. The quantitative estimate of drug-likeness (QED) is 0.201. The van der Waals surface area contributed by atoms with Crippen molar-refractivity contribution in [2.45, 2.75) is 0 Å². The number of fused-ring (bicyclic) bond motifs is 6. The van der Waals surface area contributed by atoms with Crippen LogP contribution in [-0.4, -0.2) is 13.1 Å². The van der Waals surface area contributed by atoms with Gasteiger partial charge < -0.3 is 10.6 Å². The fourth-order valence-corrected chi connectivity index (χ4v) is 8.89. The third-order valence-electron chi connectivity index (χ3n) is 11.0. The molecule has 0 aromatic heterocycles. The standard InChI is InChI=1S/C48H32N2/c1-3-13-33-31(11-1)37-15-5-17-39-35(19-21-41(33)47(37)39)45-25-44(30-10-8-24-50-28-30)46(26-43(45)29-9-7-23-49-27-29)36-20-22-42-34-14-4-2-12-32(34)38-16-6-18-40(36)48(38)42/h1-22,25-28,49-50H,23-24H2. The Balaban J connectivity index is 1.22. The second-order valence-corrected chi connectivity index (χ2v) is 13.6. The number of rotatable bonds is 4. The molecule has 7 aromatic carbocycles. The third-order valence-corrected chi connectivity index (χ3v) is 11.0. The van der Waals surface area contributed by atoms with E-state index in [1.54, 1.807) is 0 Å². The van der Waals surface area contributed by atoms with Gasteiger partial charge in [0.15, 0.2) is 0 Å². The molecule has 4 aliphatic rings. The van der Waals surface area contributed by atoms with Crippen LogP contribution < -0.4 is 10.6 Å². The molecule has 234 valence electrons. The van der Waals surface area contributed by atoms with Crippen molar-refractivity contribution in [2.75, 3.05) is 13.1 Å². The highest BCUT2D eigenvalue weighted by Crippen LogP contribution is 2.53. The van der Waals surface area contributed by atoms with Crippen LogP contribution in [0.25, 0.3) is 99.5 Å². The average molecular weight is 637 g/mol. The van der Waals surface area contributed by atoms with E-state index < -0.39 is 0 Å². The van der Waals surface area contributed by atoms with Crippen LogP contribution in [0.15, 0.2) is 158 Å². The van der Waals surface area contributed by atoms with E-state index in [9.17, 15) is 0 Å². The molecule has 0 radical (unpaired) electrons. The van der Waals surface area contributed by atoms with Crippen molar-refractivity contribution in [3.8, 4) is 66.8 Å². The lowest BCUT2D eigenvalue weighted by Gasteiger charge is -2.23. The van der Waals surface area contributed by atoms with E-state index in [2.05, 4.69) is 169 Å². The highest BCUT2D eigenvalue weighted by molar-refractivity contribution is 6.21. The third kappa shape index (κ3) is 3.85. The van der Waals surface area contributed by atoms with Gasteiger partial charge in [0.25, 0.3) is 0 Å². The van der Waals surface area contributed by atoms with Crippen LogP contribution in [0, 0.1) is 0 Å². The SMILES string of the molecule is C1=CC(c2cc(-c3ccc4c5c(cccc35)-c3ccccc3-4)c(C3=CNCC=C3)cc2-c2ccc3c4c(cccc24)-c2ccccc2-3)=CNC1.